The molecule has 0 aliphatic carbocycles. The highest BCUT2D eigenvalue weighted by molar-refractivity contribution is 5.68. The van der Waals surface area contributed by atoms with E-state index in [2.05, 4.69) is 22.1 Å². The van der Waals surface area contributed by atoms with E-state index < -0.39 is 0 Å². The molecule has 0 saturated heterocycles. The molecule has 0 saturated carbocycles. The number of hydrogen-bond donors (Lipinski definition) is 1. The Morgan fingerprint density at radius 1 is 0.786 bits per heavy atom. The molecule has 0 atom stereocenters. The van der Waals surface area contributed by atoms with Crippen LogP contribution in [0.2, 0.25) is 0 Å². The summed E-state index contributed by atoms with van der Waals surface area (Å²) in [5.41, 5.74) is 5.02. The number of aromatic hydroxyl groups is 1. The number of nitrogens with zero attached hydrogens (tertiary/aromatic N) is 2. The van der Waals surface area contributed by atoms with E-state index in [4.69, 9.17) is 4.74 Å². The van der Waals surface area contributed by atoms with Gasteiger partial charge in [0, 0.05) is 18.1 Å². The van der Waals surface area contributed by atoms with Crippen LogP contribution in [-0.4, -0.2) is 22.2 Å². The lowest BCUT2D eigenvalue weighted by atomic mass is 9.96. The normalized spacial score (nSPS) is 10.6. The largest absolute Gasteiger partial charge is 0.497 e. The maximum Gasteiger partial charge on any atom is 0.214 e. The number of ether oxygens (including phenoxy) is 1. The SMILES string of the molecule is COc1ccc(-c2ccccc2Cc2cc(O)nc(-c3ccccc3)n2)cc1. The predicted molar refractivity (Wildman–Crippen MR) is 110 cm³/mol. The number of benzene rings is 3. The van der Waals surface area contributed by atoms with Gasteiger partial charge in [-0.1, -0.05) is 66.7 Å². The fourth-order valence-electron chi connectivity index (χ4n) is 3.21. The van der Waals surface area contributed by atoms with Crippen molar-refractivity contribution in [3.8, 4) is 34.1 Å². The molecule has 4 nitrogen and oxygen atoms in total. The molecule has 1 heterocycles. The standard InChI is InChI=1S/C24H20N2O2/c1-28-21-13-11-17(12-14-21)22-10-6-5-9-19(22)15-20-16-23(27)26-24(25-20)18-7-3-2-4-8-18/h2-14,16H,15H2,1H3,(H,25,26,27). The summed E-state index contributed by atoms with van der Waals surface area (Å²) in [5.74, 6) is 1.33. The van der Waals surface area contributed by atoms with Crippen LogP contribution in [0.1, 0.15) is 11.3 Å². The van der Waals surface area contributed by atoms with Crippen molar-refractivity contribution in [2.45, 2.75) is 6.42 Å². The molecule has 4 rings (SSSR count). The maximum atomic E-state index is 10.1. The second kappa shape index (κ2) is 7.92. The summed E-state index contributed by atoms with van der Waals surface area (Å²) >= 11 is 0. The van der Waals surface area contributed by atoms with Gasteiger partial charge in [-0.2, -0.15) is 4.98 Å². The lowest BCUT2D eigenvalue weighted by Crippen LogP contribution is -1.99. The smallest absolute Gasteiger partial charge is 0.214 e. The molecule has 1 N–H and O–H groups in total. The fraction of sp³-hybridized carbons (Fsp3) is 0.0833. The minimum Gasteiger partial charge on any atom is -0.497 e. The summed E-state index contributed by atoms with van der Waals surface area (Å²) in [4.78, 5) is 8.85. The highest BCUT2D eigenvalue weighted by Gasteiger charge is 2.10. The molecule has 0 spiro atoms. The van der Waals surface area contributed by atoms with Crippen molar-refractivity contribution in [1.82, 2.24) is 9.97 Å². The molecule has 0 aliphatic rings. The van der Waals surface area contributed by atoms with Gasteiger partial charge >= 0.3 is 0 Å². The second-order valence-electron chi connectivity index (χ2n) is 6.47. The van der Waals surface area contributed by atoms with Crippen molar-refractivity contribution in [2.24, 2.45) is 0 Å². The van der Waals surface area contributed by atoms with Crippen LogP contribution in [0.15, 0.2) is 84.9 Å². The molecule has 3 aromatic carbocycles. The van der Waals surface area contributed by atoms with E-state index in [9.17, 15) is 5.11 Å². The average Bonchev–Trinajstić information content (AvgIpc) is 2.74. The Morgan fingerprint density at radius 3 is 2.25 bits per heavy atom. The van der Waals surface area contributed by atoms with Gasteiger partial charge in [-0.25, -0.2) is 4.98 Å². The summed E-state index contributed by atoms with van der Waals surface area (Å²) in [6.45, 7) is 0. The van der Waals surface area contributed by atoms with Crippen LogP contribution in [0.3, 0.4) is 0 Å². The molecule has 1 aromatic heterocycles. The molecular weight excluding hydrogens is 348 g/mol. The van der Waals surface area contributed by atoms with Crippen molar-refractivity contribution < 1.29 is 9.84 Å². The first kappa shape index (κ1) is 17.7. The van der Waals surface area contributed by atoms with E-state index in [-0.39, 0.29) is 5.88 Å². The molecule has 0 radical (unpaired) electrons. The third-order valence-electron chi connectivity index (χ3n) is 4.59. The molecule has 0 unspecified atom stereocenters. The molecule has 28 heavy (non-hydrogen) atoms. The topological polar surface area (TPSA) is 55.2 Å². The predicted octanol–water partition coefficient (Wildman–Crippen LogP) is 5.12. The molecule has 0 fully saturated rings. The zero-order valence-corrected chi connectivity index (χ0v) is 15.5. The summed E-state index contributed by atoms with van der Waals surface area (Å²) in [5, 5.41) is 10.1. The number of aromatic nitrogens is 2. The number of rotatable bonds is 5. The first-order valence-electron chi connectivity index (χ1n) is 9.07. The first-order chi connectivity index (χ1) is 13.7. The van der Waals surface area contributed by atoms with Gasteiger partial charge in [0.2, 0.25) is 5.88 Å². The maximum absolute atomic E-state index is 10.1. The Bertz CT molecular complexity index is 1080. The number of hydrogen-bond acceptors (Lipinski definition) is 4. The van der Waals surface area contributed by atoms with E-state index >= 15 is 0 Å². The van der Waals surface area contributed by atoms with Gasteiger partial charge < -0.3 is 9.84 Å². The van der Waals surface area contributed by atoms with Crippen LogP contribution in [0.4, 0.5) is 0 Å². The molecule has 0 bridgehead atoms. The fourth-order valence-corrected chi connectivity index (χ4v) is 3.21. The Kier molecular flexibility index (Phi) is 5.02. The summed E-state index contributed by atoms with van der Waals surface area (Å²) in [6.07, 6.45) is 0.595. The van der Waals surface area contributed by atoms with Gasteiger partial charge in [0.25, 0.3) is 0 Å². The number of methoxy groups -OCH3 is 1. The zero-order valence-electron chi connectivity index (χ0n) is 15.5. The third-order valence-corrected chi connectivity index (χ3v) is 4.59. The monoisotopic (exact) mass is 368 g/mol. The summed E-state index contributed by atoms with van der Waals surface area (Å²) in [7, 11) is 1.66. The van der Waals surface area contributed by atoms with Crippen LogP contribution in [0.25, 0.3) is 22.5 Å². The van der Waals surface area contributed by atoms with Crippen molar-refractivity contribution in [1.29, 1.82) is 0 Å². The van der Waals surface area contributed by atoms with Gasteiger partial charge in [-0.05, 0) is 28.8 Å². The zero-order chi connectivity index (χ0) is 19.3. The summed E-state index contributed by atoms with van der Waals surface area (Å²) in [6, 6.07) is 27.5. The van der Waals surface area contributed by atoms with Gasteiger partial charge in [0.15, 0.2) is 5.82 Å². The van der Waals surface area contributed by atoms with Crippen LogP contribution in [0.5, 0.6) is 11.6 Å². The highest BCUT2D eigenvalue weighted by Crippen LogP contribution is 2.28. The molecule has 4 heteroatoms. The van der Waals surface area contributed by atoms with Gasteiger partial charge in [0.05, 0.1) is 12.8 Å². The Hall–Kier alpha value is -3.66. The van der Waals surface area contributed by atoms with E-state index in [0.717, 1.165) is 33.7 Å². The molecule has 0 aliphatic heterocycles. The molecule has 4 aromatic rings. The Labute approximate surface area is 164 Å². The minimum atomic E-state index is -0.0224. The average molecular weight is 368 g/mol. The third kappa shape index (κ3) is 3.86. The molecule has 138 valence electrons. The lowest BCUT2D eigenvalue weighted by Gasteiger charge is -2.11. The van der Waals surface area contributed by atoms with E-state index in [1.807, 2.05) is 66.7 Å². The second-order valence-corrected chi connectivity index (χ2v) is 6.47. The Balaban J connectivity index is 1.69. The van der Waals surface area contributed by atoms with Crippen molar-refractivity contribution in [3.05, 3.63) is 96.2 Å². The van der Waals surface area contributed by atoms with E-state index in [0.29, 0.717) is 12.2 Å². The van der Waals surface area contributed by atoms with Gasteiger partial charge in [-0.3, -0.25) is 0 Å². The van der Waals surface area contributed by atoms with Crippen molar-refractivity contribution >= 4 is 0 Å². The van der Waals surface area contributed by atoms with Gasteiger partial charge in [-0.15, -0.1) is 0 Å². The van der Waals surface area contributed by atoms with Crippen LogP contribution in [0, 0.1) is 0 Å². The van der Waals surface area contributed by atoms with E-state index in [1.165, 1.54) is 0 Å². The van der Waals surface area contributed by atoms with Crippen LogP contribution >= 0.6 is 0 Å². The van der Waals surface area contributed by atoms with Crippen molar-refractivity contribution in [3.63, 3.8) is 0 Å². The van der Waals surface area contributed by atoms with Crippen LogP contribution < -0.4 is 4.74 Å². The van der Waals surface area contributed by atoms with E-state index in [1.54, 1.807) is 13.2 Å². The highest BCUT2D eigenvalue weighted by atomic mass is 16.5. The lowest BCUT2D eigenvalue weighted by molar-refractivity contribution is 0.415. The minimum absolute atomic E-state index is 0.0224. The van der Waals surface area contributed by atoms with Crippen molar-refractivity contribution in [2.75, 3.05) is 7.11 Å². The van der Waals surface area contributed by atoms with Gasteiger partial charge in [0.1, 0.15) is 5.75 Å². The quantitative estimate of drug-likeness (QED) is 0.531. The van der Waals surface area contributed by atoms with Crippen LogP contribution in [-0.2, 0) is 6.42 Å². The first-order valence-corrected chi connectivity index (χ1v) is 9.07. The molecule has 0 amide bonds. The summed E-state index contributed by atoms with van der Waals surface area (Å²) < 4.78 is 5.25. The molecular formula is C24H20N2O2. The Morgan fingerprint density at radius 2 is 1.50 bits per heavy atom.